The van der Waals surface area contributed by atoms with Gasteiger partial charge in [0.2, 0.25) is 6.75 Å². The van der Waals surface area contributed by atoms with Crippen LogP contribution in [-0.4, -0.2) is 28.8 Å². The van der Waals surface area contributed by atoms with E-state index < -0.39 is 18.8 Å². The Labute approximate surface area is 146 Å². The molecule has 0 radical (unpaired) electrons. The van der Waals surface area contributed by atoms with Gasteiger partial charge in [0.05, 0.1) is 6.04 Å². The molecule has 2 aliphatic rings. The summed E-state index contributed by atoms with van der Waals surface area (Å²) in [5.41, 5.74) is 3.62. The Morgan fingerprint density at radius 1 is 1.20 bits per heavy atom. The first-order valence-corrected chi connectivity index (χ1v) is 8.01. The van der Waals surface area contributed by atoms with Gasteiger partial charge in [-0.15, -0.1) is 0 Å². The molecule has 6 nitrogen and oxygen atoms in total. The molecule has 3 N–H and O–H groups in total. The topological polar surface area (TPSA) is 83.6 Å². The Balaban J connectivity index is 1.63. The molecule has 0 aliphatic carbocycles. The Morgan fingerprint density at radius 2 is 2.04 bits per heavy atom. The maximum Gasteiger partial charge on any atom is 0.321 e. The predicted molar refractivity (Wildman–Crippen MR) is 91.0 cm³/mol. The number of aromatic amines is 1. The van der Waals surface area contributed by atoms with Crippen molar-refractivity contribution in [3.05, 3.63) is 59.3 Å². The summed E-state index contributed by atoms with van der Waals surface area (Å²) in [7, 11) is 0. The maximum absolute atomic E-state index is 11.7. The lowest BCUT2D eigenvalue weighted by atomic mass is 9.90. The lowest BCUT2D eigenvalue weighted by molar-refractivity contribution is -0.139. The van der Waals surface area contributed by atoms with Crippen molar-refractivity contribution in [2.24, 2.45) is 0 Å². The summed E-state index contributed by atoms with van der Waals surface area (Å²) >= 11 is 0. The van der Waals surface area contributed by atoms with Gasteiger partial charge in [-0.1, -0.05) is 24.3 Å². The average Bonchev–Trinajstić information content (AvgIpc) is 3.15. The number of H-pyrrole nitrogens is 1. The first-order valence-electron chi connectivity index (χ1n) is 9.01. The van der Waals surface area contributed by atoms with Crippen LogP contribution in [0.1, 0.15) is 25.6 Å². The van der Waals surface area contributed by atoms with Crippen molar-refractivity contribution < 1.29 is 22.1 Å². The van der Waals surface area contributed by atoms with Gasteiger partial charge >= 0.3 is 5.97 Å². The van der Waals surface area contributed by atoms with Gasteiger partial charge in [0.15, 0.2) is 11.5 Å². The van der Waals surface area contributed by atoms with Crippen molar-refractivity contribution in [2.45, 2.75) is 18.5 Å². The van der Waals surface area contributed by atoms with Gasteiger partial charge in [-0.2, -0.15) is 0 Å². The molecule has 2 aliphatic heterocycles. The van der Waals surface area contributed by atoms with Crippen LogP contribution in [0.3, 0.4) is 0 Å². The van der Waals surface area contributed by atoms with Gasteiger partial charge in [0, 0.05) is 23.0 Å². The quantitative estimate of drug-likeness (QED) is 0.669. The van der Waals surface area contributed by atoms with E-state index in [-0.39, 0.29) is 6.04 Å². The molecule has 0 saturated heterocycles. The number of fused-ring (bicyclic) bond motifs is 4. The van der Waals surface area contributed by atoms with Crippen molar-refractivity contribution in [1.29, 1.82) is 0 Å². The van der Waals surface area contributed by atoms with Crippen LogP contribution in [0.2, 0.25) is 0 Å². The first-order chi connectivity index (χ1) is 12.9. The summed E-state index contributed by atoms with van der Waals surface area (Å²) in [6.07, 6.45) is 0.387. The van der Waals surface area contributed by atoms with Crippen molar-refractivity contribution in [3.63, 3.8) is 0 Å². The number of carboxylic acid groups (broad SMARTS) is 1. The molecular formula is C19H16N2O4. The van der Waals surface area contributed by atoms with E-state index in [1.807, 2.05) is 24.3 Å². The molecule has 5 rings (SSSR count). The number of hydrogen-bond donors (Lipinski definition) is 3. The number of rotatable bonds is 2. The second-order valence-corrected chi connectivity index (χ2v) is 6.25. The molecule has 25 heavy (non-hydrogen) atoms. The predicted octanol–water partition coefficient (Wildman–Crippen LogP) is 2.58. The molecule has 0 bridgehead atoms. The van der Waals surface area contributed by atoms with Crippen molar-refractivity contribution >= 4 is 16.9 Å². The molecule has 0 saturated carbocycles. The highest BCUT2D eigenvalue weighted by Crippen LogP contribution is 2.39. The second-order valence-electron chi connectivity index (χ2n) is 6.25. The average molecular weight is 338 g/mol. The van der Waals surface area contributed by atoms with Crippen LogP contribution in [0.25, 0.3) is 10.9 Å². The van der Waals surface area contributed by atoms with Crippen LogP contribution in [-0.2, 0) is 11.2 Å². The van der Waals surface area contributed by atoms with Crippen molar-refractivity contribution in [2.75, 3.05) is 6.75 Å². The fourth-order valence-corrected chi connectivity index (χ4v) is 3.64. The molecule has 3 aromatic rings. The van der Waals surface area contributed by atoms with E-state index in [2.05, 4.69) is 10.3 Å². The number of nitrogens with one attached hydrogen (secondary N) is 2. The van der Waals surface area contributed by atoms with E-state index in [1.54, 1.807) is 18.2 Å². The maximum atomic E-state index is 11.7. The Hall–Kier alpha value is -2.99. The van der Waals surface area contributed by atoms with E-state index in [4.69, 9.17) is 12.2 Å². The zero-order chi connectivity index (χ0) is 18.8. The van der Waals surface area contributed by atoms with Gasteiger partial charge in [-0.3, -0.25) is 10.1 Å². The van der Waals surface area contributed by atoms with Crippen LogP contribution >= 0.6 is 0 Å². The van der Waals surface area contributed by atoms with Gasteiger partial charge in [-0.25, -0.2) is 0 Å². The fraction of sp³-hybridized carbons (Fsp3) is 0.211. The summed E-state index contributed by atoms with van der Waals surface area (Å²) in [5, 5.41) is 13.8. The first kappa shape index (κ1) is 12.4. The Morgan fingerprint density at radius 3 is 2.92 bits per heavy atom. The van der Waals surface area contributed by atoms with E-state index >= 15 is 0 Å². The Kier molecular flexibility index (Phi) is 2.60. The number of para-hydroxylation sites is 1. The monoisotopic (exact) mass is 338 g/mol. The smallest absolute Gasteiger partial charge is 0.321 e. The second kappa shape index (κ2) is 5.26. The number of carboxylic acids is 1. The van der Waals surface area contributed by atoms with Crippen molar-refractivity contribution in [3.8, 4) is 11.5 Å². The van der Waals surface area contributed by atoms with Gasteiger partial charge in [-0.05, 0) is 29.3 Å². The standard InChI is InChI=1S/C19H16N2O4/c22-19(23)14-8-12-11-3-1-2-4-13(11)20-18(12)17(21-14)10-5-6-15-16(7-10)25-9-24-15/h1-7,14,17,20-21H,8-9H2,(H,22,23)/t14-,17?/m1/s1/i9D2. The normalized spacial score (nSPS) is 24.5. The van der Waals surface area contributed by atoms with Gasteiger partial charge in [0.1, 0.15) is 8.78 Å². The largest absolute Gasteiger partial charge is 0.480 e. The minimum Gasteiger partial charge on any atom is -0.480 e. The van der Waals surface area contributed by atoms with Gasteiger partial charge in [0.25, 0.3) is 0 Å². The van der Waals surface area contributed by atoms with Gasteiger partial charge < -0.3 is 19.6 Å². The highest BCUT2D eigenvalue weighted by Gasteiger charge is 2.34. The summed E-state index contributed by atoms with van der Waals surface area (Å²) in [4.78, 5) is 15.1. The zero-order valence-electron chi connectivity index (χ0n) is 15.1. The van der Waals surface area contributed by atoms with Crippen molar-refractivity contribution in [1.82, 2.24) is 10.3 Å². The van der Waals surface area contributed by atoms with E-state index in [0.717, 1.165) is 27.7 Å². The number of carbonyl (C=O) groups is 1. The van der Waals surface area contributed by atoms with Crippen LogP contribution in [0.4, 0.5) is 0 Å². The zero-order valence-corrected chi connectivity index (χ0v) is 13.1. The third kappa shape index (κ3) is 2.18. The molecule has 0 amide bonds. The number of ether oxygens (including phenoxy) is 2. The summed E-state index contributed by atoms with van der Waals surface area (Å²) < 4.78 is 25.5. The molecule has 1 unspecified atom stereocenters. The summed E-state index contributed by atoms with van der Waals surface area (Å²) in [6.45, 7) is -2.20. The number of aromatic nitrogens is 1. The molecule has 3 heterocycles. The molecule has 6 heteroatoms. The summed E-state index contributed by atoms with van der Waals surface area (Å²) in [5.74, 6) is -0.284. The third-order valence-corrected chi connectivity index (χ3v) is 4.81. The lowest BCUT2D eigenvalue weighted by Gasteiger charge is -2.29. The van der Waals surface area contributed by atoms with Crippen LogP contribution in [0, 0.1) is 0 Å². The Bertz CT molecular complexity index is 1080. The van der Waals surface area contributed by atoms with Crippen LogP contribution in [0.5, 0.6) is 11.5 Å². The molecule has 2 aromatic carbocycles. The van der Waals surface area contributed by atoms with E-state index in [9.17, 15) is 9.90 Å². The van der Waals surface area contributed by atoms with E-state index in [1.165, 1.54) is 0 Å². The highest BCUT2D eigenvalue weighted by atomic mass is 16.7. The molecular weight excluding hydrogens is 320 g/mol. The highest BCUT2D eigenvalue weighted by molar-refractivity contribution is 5.87. The number of hydrogen-bond acceptors (Lipinski definition) is 4. The molecule has 126 valence electrons. The fourth-order valence-electron chi connectivity index (χ4n) is 3.64. The lowest BCUT2D eigenvalue weighted by Crippen LogP contribution is -2.44. The van der Waals surface area contributed by atoms with E-state index in [0.29, 0.717) is 17.9 Å². The number of benzene rings is 2. The number of aliphatic carboxylic acids is 1. The minimum absolute atomic E-state index is 0.300. The SMILES string of the molecule is [2H]C1([2H])Oc2ccc(C3N[C@@H](C(=O)O)Cc4c3[nH]c3ccccc43)cc2O1. The molecule has 1 aromatic heterocycles. The van der Waals surface area contributed by atoms with Crippen LogP contribution in [0.15, 0.2) is 42.5 Å². The minimum atomic E-state index is -2.20. The molecule has 0 fully saturated rings. The molecule has 0 spiro atoms. The molecule has 2 atom stereocenters. The third-order valence-electron chi connectivity index (χ3n) is 4.81. The summed E-state index contributed by atoms with van der Waals surface area (Å²) in [6, 6.07) is 11.8. The van der Waals surface area contributed by atoms with Crippen LogP contribution < -0.4 is 14.8 Å².